The average Bonchev–Trinajstić information content (AvgIpc) is 2.66. The van der Waals surface area contributed by atoms with Gasteiger partial charge >= 0.3 is 0 Å². The van der Waals surface area contributed by atoms with Crippen LogP contribution in [0, 0.1) is 23.3 Å². The number of rotatable bonds is 1. The zero-order chi connectivity index (χ0) is 14.4. The predicted molar refractivity (Wildman–Crippen MR) is 72.5 cm³/mol. The number of nitrogens with one attached hydrogen (secondary N) is 1. The molecule has 1 heterocycles. The van der Waals surface area contributed by atoms with Gasteiger partial charge in [-0.25, -0.2) is 8.78 Å². The van der Waals surface area contributed by atoms with E-state index >= 15 is 0 Å². The van der Waals surface area contributed by atoms with E-state index in [4.69, 9.17) is 12.2 Å². The third-order valence-corrected chi connectivity index (χ3v) is 3.12. The van der Waals surface area contributed by atoms with Crippen molar-refractivity contribution in [2.24, 2.45) is 0 Å². The molecule has 0 saturated carbocycles. The molecule has 3 nitrogen and oxygen atoms in total. The van der Waals surface area contributed by atoms with Crippen LogP contribution < -0.4 is 0 Å². The van der Waals surface area contributed by atoms with Crippen LogP contribution in [0.5, 0.6) is 0 Å². The maximum atomic E-state index is 14.2. The monoisotopic (exact) mass is 283 g/mol. The maximum Gasteiger partial charge on any atom is 0.195 e. The quantitative estimate of drug-likeness (QED) is 0.804. The molecule has 0 fully saturated rings. The minimum absolute atomic E-state index is 0.151. The number of benzene rings is 1. The van der Waals surface area contributed by atoms with Gasteiger partial charge in [0.2, 0.25) is 0 Å². The van der Waals surface area contributed by atoms with Crippen LogP contribution in [0.15, 0.2) is 12.1 Å². The number of hydrogen-bond donors (Lipinski definition) is 1. The molecule has 2 rings (SSSR count). The molecule has 0 aliphatic heterocycles. The van der Waals surface area contributed by atoms with E-state index in [2.05, 4.69) is 10.2 Å². The summed E-state index contributed by atoms with van der Waals surface area (Å²) in [4.78, 5) is 0. The van der Waals surface area contributed by atoms with Crippen molar-refractivity contribution < 1.29 is 8.78 Å². The zero-order valence-electron chi connectivity index (χ0n) is 11.2. The maximum absolute atomic E-state index is 14.2. The first-order chi connectivity index (χ1) is 8.73. The number of H-pyrrole nitrogens is 1. The Morgan fingerprint density at radius 1 is 1.26 bits per heavy atom. The van der Waals surface area contributed by atoms with Crippen LogP contribution in [-0.2, 0) is 5.54 Å². The summed E-state index contributed by atoms with van der Waals surface area (Å²) in [5.41, 5.74) is -0.213. The van der Waals surface area contributed by atoms with E-state index in [9.17, 15) is 8.78 Å². The van der Waals surface area contributed by atoms with Gasteiger partial charge in [-0.1, -0.05) is 6.07 Å². The Kier molecular flexibility index (Phi) is 3.30. The highest BCUT2D eigenvalue weighted by Crippen LogP contribution is 2.30. The van der Waals surface area contributed by atoms with Crippen LogP contribution in [0.25, 0.3) is 11.4 Å². The predicted octanol–water partition coefficient (Wildman–Crippen LogP) is 3.95. The van der Waals surface area contributed by atoms with Crippen molar-refractivity contribution in [2.45, 2.75) is 33.2 Å². The smallest absolute Gasteiger partial charge is 0.195 e. The second-order valence-corrected chi connectivity index (χ2v) is 5.80. The Morgan fingerprint density at radius 3 is 2.47 bits per heavy atom. The van der Waals surface area contributed by atoms with Crippen LogP contribution in [0.2, 0.25) is 0 Å². The van der Waals surface area contributed by atoms with Gasteiger partial charge in [0.05, 0.1) is 5.56 Å². The molecule has 0 saturated heterocycles. The van der Waals surface area contributed by atoms with Crippen LogP contribution in [0.1, 0.15) is 26.3 Å². The zero-order valence-corrected chi connectivity index (χ0v) is 12.0. The average molecular weight is 283 g/mol. The van der Waals surface area contributed by atoms with Crippen LogP contribution in [0.4, 0.5) is 8.78 Å². The van der Waals surface area contributed by atoms with Crippen molar-refractivity contribution in [3.05, 3.63) is 34.1 Å². The molecule has 0 aliphatic rings. The van der Waals surface area contributed by atoms with Crippen molar-refractivity contribution in [3.8, 4) is 11.4 Å². The van der Waals surface area contributed by atoms with Gasteiger partial charge in [-0.15, -0.1) is 0 Å². The van der Waals surface area contributed by atoms with E-state index in [1.165, 1.54) is 12.1 Å². The molecule has 0 unspecified atom stereocenters. The molecule has 0 radical (unpaired) electrons. The normalized spacial score (nSPS) is 11.9. The summed E-state index contributed by atoms with van der Waals surface area (Å²) in [5.74, 6) is -1.08. The Bertz CT molecular complexity index is 680. The molecule has 0 atom stereocenters. The molecule has 2 aromatic rings. The molecule has 0 amide bonds. The first-order valence-electron chi connectivity index (χ1n) is 5.86. The highest BCUT2D eigenvalue weighted by molar-refractivity contribution is 7.71. The van der Waals surface area contributed by atoms with E-state index in [0.717, 1.165) is 0 Å². The molecule has 1 aromatic carbocycles. The lowest BCUT2D eigenvalue weighted by atomic mass is 10.1. The van der Waals surface area contributed by atoms with E-state index in [1.54, 1.807) is 11.5 Å². The molecule has 0 bridgehead atoms. The van der Waals surface area contributed by atoms with Gasteiger partial charge in [-0.3, -0.25) is 9.67 Å². The lowest BCUT2D eigenvalue weighted by Gasteiger charge is -2.23. The molecule has 6 heteroatoms. The van der Waals surface area contributed by atoms with Crippen molar-refractivity contribution in [2.75, 3.05) is 0 Å². The highest BCUT2D eigenvalue weighted by atomic mass is 32.1. The second-order valence-electron chi connectivity index (χ2n) is 5.41. The molecule has 19 heavy (non-hydrogen) atoms. The molecule has 1 N–H and O–H groups in total. The Morgan fingerprint density at radius 2 is 1.89 bits per heavy atom. The Hall–Kier alpha value is -1.56. The first-order valence-corrected chi connectivity index (χ1v) is 6.27. The standard InChI is InChI=1S/C13H15F2N3S/c1-7-5-6-8(14)9(10(7)15)11-16-17-12(19)18(11)13(2,3)4/h5-6H,1-4H3,(H,17,19). The van der Waals surface area contributed by atoms with Crippen molar-refractivity contribution in [1.82, 2.24) is 14.8 Å². The summed E-state index contributed by atoms with van der Waals surface area (Å²) in [6, 6.07) is 2.63. The second kappa shape index (κ2) is 4.52. The number of aromatic amines is 1. The van der Waals surface area contributed by atoms with Gasteiger partial charge in [-0.2, -0.15) is 5.10 Å². The number of hydrogen-bond acceptors (Lipinski definition) is 2. The van der Waals surface area contributed by atoms with Gasteiger partial charge in [0, 0.05) is 5.54 Å². The molecule has 102 valence electrons. The molecular formula is C13H15F2N3S. The van der Waals surface area contributed by atoms with Gasteiger partial charge < -0.3 is 0 Å². The van der Waals surface area contributed by atoms with E-state index in [1.807, 2.05) is 20.8 Å². The lowest BCUT2D eigenvalue weighted by molar-refractivity contribution is 0.394. The minimum Gasteiger partial charge on any atom is -0.295 e. The summed E-state index contributed by atoms with van der Waals surface area (Å²) in [5, 5.41) is 6.58. The van der Waals surface area contributed by atoms with Crippen LogP contribution in [0.3, 0.4) is 0 Å². The lowest BCUT2D eigenvalue weighted by Crippen LogP contribution is -2.23. The number of aromatic nitrogens is 3. The van der Waals surface area contributed by atoms with E-state index < -0.39 is 17.2 Å². The number of halogens is 2. The molecule has 0 spiro atoms. The Balaban J connectivity index is 2.82. The van der Waals surface area contributed by atoms with Crippen molar-refractivity contribution in [3.63, 3.8) is 0 Å². The summed E-state index contributed by atoms with van der Waals surface area (Å²) in [6.45, 7) is 7.27. The fraction of sp³-hybridized carbons (Fsp3) is 0.385. The topological polar surface area (TPSA) is 33.6 Å². The first kappa shape index (κ1) is 13.9. The molecule has 1 aromatic heterocycles. The third kappa shape index (κ3) is 2.32. The molecule has 0 aliphatic carbocycles. The fourth-order valence-corrected chi connectivity index (χ4v) is 2.35. The van der Waals surface area contributed by atoms with Crippen LogP contribution in [-0.4, -0.2) is 14.8 Å². The van der Waals surface area contributed by atoms with Gasteiger partial charge in [0.25, 0.3) is 0 Å². The van der Waals surface area contributed by atoms with Gasteiger partial charge in [0.1, 0.15) is 11.6 Å². The summed E-state index contributed by atoms with van der Waals surface area (Å²) >= 11 is 5.14. The van der Waals surface area contributed by atoms with Crippen molar-refractivity contribution in [1.29, 1.82) is 0 Å². The van der Waals surface area contributed by atoms with Gasteiger partial charge in [-0.05, 0) is 51.5 Å². The summed E-state index contributed by atoms with van der Waals surface area (Å²) < 4.78 is 30.1. The van der Waals surface area contributed by atoms with Crippen molar-refractivity contribution >= 4 is 12.2 Å². The number of aryl methyl sites for hydroxylation is 1. The largest absolute Gasteiger partial charge is 0.295 e. The third-order valence-electron chi connectivity index (χ3n) is 2.85. The highest BCUT2D eigenvalue weighted by Gasteiger charge is 2.25. The summed E-state index contributed by atoms with van der Waals surface area (Å²) in [7, 11) is 0. The SMILES string of the molecule is Cc1ccc(F)c(-c2n[nH]c(=S)n2C(C)(C)C)c1F. The molecular weight excluding hydrogens is 268 g/mol. The van der Waals surface area contributed by atoms with E-state index in [-0.39, 0.29) is 11.4 Å². The minimum atomic E-state index is -0.650. The van der Waals surface area contributed by atoms with Gasteiger partial charge in [0.15, 0.2) is 10.6 Å². The van der Waals surface area contributed by atoms with Crippen LogP contribution >= 0.6 is 12.2 Å². The fourth-order valence-electron chi connectivity index (χ4n) is 1.95. The summed E-state index contributed by atoms with van der Waals surface area (Å²) in [6.07, 6.45) is 0. The van der Waals surface area contributed by atoms with E-state index in [0.29, 0.717) is 10.3 Å². The Labute approximate surface area is 115 Å². The number of nitrogens with zero attached hydrogens (tertiary/aromatic N) is 2.